The minimum atomic E-state index is 0.301. The van der Waals surface area contributed by atoms with Crippen LogP contribution >= 0.6 is 11.8 Å². The van der Waals surface area contributed by atoms with Crippen molar-refractivity contribution in [1.82, 2.24) is 15.1 Å². The highest BCUT2D eigenvalue weighted by Crippen LogP contribution is 2.39. The molecule has 2 aromatic rings. The van der Waals surface area contributed by atoms with E-state index in [1.165, 1.54) is 10.5 Å². The van der Waals surface area contributed by atoms with Gasteiger partial charge in [0, 0.05) is 23.7 Å². The minimum Gasteiger partial charge on any atom is -0.492 e. The summed E-state index contributed by atoms with van der Waals surface area (Å²) in [7, 11) is 3.94. The summed E-state index contributed by atoms with van der Waals surface area (Å²) in [5.41, 5.74) is 1.23. The first kappa shape index (κ1) is 12.6. The molecule has 3 rings (SSSR count). The zero-order valence-electron chi connectivity index (χ0n) is 11.0. The maximum absolute atomic E-state index is 5.86. The number of hydrogen-bond acceptors (Lipinski definition) is 4. The van der Waals surface area contributed by atoms with Gasteiger partial charge in [0.2, 0.25) is 0 Å². The molecule has 0 aliphatic carbocycles. The molecule has 1 N–H and O–H groups in total. The number of para-hydroxylation sites is 1. The van der Waals surface area contributed by atoms with Crippen molar-refractivity contribution in [3.8, 4) is 5.75 Å². The Labute approximate surface area is 117 Å². The van der Waals surface area contributed by atoms with Crippen molar-refractivity contribution < 1.29 is 4.74 Å². The Kier molecular flexibility index (Phi) is 3.48. The first-order valence-corrected chi connectivity index (χ1v) is 7.20. The van der Waals surface area contributed by atoms with Gasteiger partial charge in [-0.3, -0.25) is 4.68 Å². The third kappa shape index (κ3) is 2.48. The predicted molar refractivity (Wildman–Crippen MR) is 76.6 cm³/mol. The monoisotopic (exact) mass is 275 g/mol. The Hall–Kier alpha value is -1.46. The number of aryl methyl sites for hydroxylation is 1. The predicted octanol–water partition coefficient (Wildman–Crippen LogP) is 2.23. The molecule has 1 aromatic heterocycles. The standard InChI is InChI=1S/C14H17N3OS/c1-15-14-11-5-3-4-6-12(11)18-9-13(14)19-10-7-16-17(2)8-10/h3-8,13-15H,9H2,1-2H3. The maximum Gasteiger partial charge on any atom is 0.124 e. The molecule has 0 spiro atoms. The molecule has 19 heavy (non-hydrogen) atoms. The fraction of sp³-hybridized carbons (Fsp3) is 0.357. The number of aromatic nitrogens is 2. The lowest BCUT2D eigenvalue weighted by Gasteiger charge is -2.32. The number of thioether (sulfide) groups is 1. The topological polar surface area (TPSA) is 39.1 Å². The molecule has 1 aliphatic rings. The first-order chi connectivity index (χ1) is 9.28. The normalized spacial score (nSPS) is 21.8. The van der Waals surface area contributed by atoms with E-state index in [2.05, 4.69) is 22.5 Å². The number of nitrogens with one attached hydrogen (secondary N) is 1. The molecule has 2 heterocycles. The fourth-order valence-electron chi connectivity index (χ4n) is 2.42. The molecule has 1 aromatic carbocycles. The summed E-state index contributed by atoms with van der Waals surface area (Å²) in [5.74, 6) is 0.991. The second kappa shape index (κ2) is 5.27. The van der Waals surface area contributed by atoms with Crippen molar-refractivity contribution in [3.05, 3.63) is 42.2 Å². The third-order valence-electron chi connectivity index (χ3n) is 3.31. The number of nitrogens with zero attached hydrogens (tertiary/aromatic N) is 2. The highest BCUT2D eigenvalue weighted by molar-refractivity contribution is 8.00. The van der Waals surface area contributed by atoms with E-state index in [4.69, 9.17) is 4.74 Å². The van der Waals surface area contributed by atoms with Gasteiger partial charge < -0.3 is 10.1 Å². The van der Waals surface area contributed by atoms with Crippen LogP contribution in [0.1, 0.15) is 11.6 Å². The molecule has 0 bridgehead atoms. The van der Waals surface area contributed by atoms with Crippen LogP contribution in [-0.4, -0.2) is 28.7 Å². The molecule has 2 unspecified atom stereocenters. The fourth-order valence-corrected chi connectivity index (χ4v) is 3.64. The maximum atomic E-state index is 5.86. The average Bonchev–Trinajstić information content (AvgIpc) is 2.84. The van der Waals surface area contributed by atoms with Gasteiger partial charge in [0.25, 0.3) is 0 Å². The molecular formula is C14H17N3OS. The number of ether oxygens (including phenoxy) is 1. The molecule has 0 radical (unpaired) electrons. The number of fused-ring (bicyclic) bond motifs is 1. The second-order valence-corrected chi connectivity index (χ2v) is 5.93. The van der Waals surface area contributed by atoms with Gasteiger partial charge in [-0.25, -0.2) is 0 Å². The van der Waals surface area contributed by atoms with E-state index in [1.54, 1.807) is 0 Å². The van der Waals surface area contributed by atoms with E-state index >= 15 is 0 Å². The third-order valence-corrected chi connectivity index (χ3v) is 4.50. The summed E-state index contributed by atoms with van der Waals surface area (Å²) in [6, 6.07) is 8.54. The van der Waals surface area contributed by atoms with Crippen molar-refractivity contribution in [2.75, 3.05) is 13.7 Å². The van der Waals surface area contributed by atoms with Crippen LogP contribution < -0.4 is 10.1 Å². The molecule has 4 nitrogen and oxygen atoms in total. The second-order valence-electron chi connectivity index (χ2n) is 4.62. The summed E-state index contributed by atoms with van der Waals surface area (Å²) >= 11 is 1.81. The van der Waals surface area contributed by atoms with Crippen molar-refractivity contribution in [2.24, 2.45) is 7.05 Å². The van der Waals surface area contributed by atoms with Crippen LogP contribution in [0.3, 0.4) is 0 Å². The van der Waals surface area contributed by atoms with Crippen molar-refractivity contribution in [1.29, 1.82) is 0 Å². The Morgan fingerprint density at radius 1 is 1.42 bits per heavy atom. The number of benzene rings is 1. The molecule has 1 aliphatic heterocycles. The Morgan fingerprint density at radius 2 is 2.26 bits per heavy atom. The summed E-state index contributed by atoms with van der Waals surface area (Å²) in [5, 5.41) is 7.97. The Morgan fingerprint density at radius 3 is 3.00 bits per heavy atom. The number of rotatable bonds is 3. The molecule has 100 valence electrons. The van der Waals surface area contributed by atoms with Crippen LogP contribution in [0.15, 0.2) is 41.6 Å². The molecule has 0 fully saturated rings. The van der Waals surface area contributed by atoms with Gasteiger partial charge in [0.1, 0.15) is 12.4 Å². The molecule has 0 saturated heterocycles. The van der Waals surface area contributed by atoms with E-state index in [1.807, 2.05) is 55.1 Å². The van der Waals surface area contributed by atoms with E-state index in [-0.39, 0.29) is 0 Å². The molecule has 2 atom stereocenters. The molecule has 0 saturated carbocycles. The smallest absolute Gasteiger partial charge is 0.124 e. The highest BCUT2D eigenvalue weighted by atomic mass is 32.2. The lowest BCUT2D eigenvalue weighted by Crippen LogP contribution is -2.35. The van der Waals surface area contributed by atoms with Crippen LogP contribution in [0.5, 0.6) is 5.75 Å². The quantitative estimate of drug-likeness (QED) is 0.932. The number of hydrogen-bond donors (Lipinski definition) is 1. The van der Waals surface area contributed by atoms with Crippen LogP contribution in [0.25, 0.3) is 0 Å². The van der Waals surface area contributed by atoms with E-state index < -0.39 is 0 Å². The van der Waals surface area contributed by atoms with E-state index in [0.717, 1.165) is 5.75 Å². The van der Waals surface area contributed by atoms with E-state index in [0.29, 0.717) is 17.9 Å². The molecule has 0 amide bonds. The van der Waals surface area contributed by atoms with Gasteiger partial charge >= 0.3 is 0 Å². The molecule has 5 heteroatoms. The van der Waals surface area contributed by atoms with Crippen molar-refractivity contribution >= 4 is 11.8 Å². The van der Waals surface area contributed by atoms with Gasteiger partial charge in [0.05, 0.1) is 17.5 Å². The molecular weight excluding hydrogens is 258 g/mol. The summed E-state index contributed by atoms with van der Waals surface area (Å²) in [6.07, 6.45) is 3.94. The van der Waals surface area contributed by atoms with Gasteiger partial charge in [-0.15, -0.1) is 11.8 Å². The first-order valence-electron chi connectivity index (χ1n) is 6.32. The van der Waals surface area contributed by atoms with Gasteiger partial charge in [-0.2, -0.15) is 5.10 Å². The lowest BCUT2D eigenvalue weighted by molar-refractivity contribution is 0.265. The average molecular weight is 275 g/mol. The highest BCUT2D eigenvalue weighted by Gasteiger charge is 2.30. The minimum absolute atomic E-state index is 0.301. The summed E-state index contributed by atoms with van der Waals surface area (Å²) in [6.45, 7) is 0.710. The van der Waals surface area contributed by atoms with Gasteiger partial charge in [-0.1, -0.05) is 18.2 Å². The van der Waals surface area contributed by atoms with Gasteiger partial charge in [-0.05, 0) is 13.1 Å². The van der Waals surface area contributed by atoms with Crippen molar-refractivity contribution in [3.63, 3.8) is 0 Å². The zero-order valence-corrected chi connectivity index (χ0v) is 11.9. The van der Waals surface area contributed by atoms with Crippen LogP contribution in [-0.2, 0) is 7.05 Å². The van der Waals surface area contributed by atoms with E-state index in [9.17, 15) is 0 Å². The van der Waals surface area contributed by atoms with Gasteiger partial charge in [0.15, 0.2) is 0 Å². The van der Waals surface area contributed by atoms with Crippen LogP contribution in [0.4, 0.5) is 0 Å². The lowest BCUT2D eigenvalue weighted by atomic mass is 10.0. The SMILES string of the molecule is CNC1c2ccccc2OCC1Sc1cnn(C)c1. The summed E-state index contributed by atoms with van der Waals surface area (Å²) in [4.78, 5) is 1.18. The van der Waals surface area contributed by atoms with Crippen molar-refractivity contribution in [2.45, 2.75) is 16.2 Å². The zero-order chi connectivity index (χ0) is 13.2. The largest absolute Gasteiger partial charge is 0.492 e. The Balaban J connectivity index is 1.84. The van der Waals surface area contributed by atoms with Crippen LogP contribution in [0.2, 0.25) is 0 Å². The Bertz CT molecular complexity index is 569. The van der Waals surface area contributed by atoms with Crippen LogP contribution in [0, 0.1) is 0 Å². The summed E-state index contributed by atoms with van der Waals surface area (Å²) < 4.78 is 7.69.